The van der Waals surface area contributed by atoms with Crippen LogP contribution in [0.2, 0.25) is 0 Å². The smallest absolute Gasteiger partial charge is 0.335 e. The Morgan fingerprint density at radius 3 is 3.06 bits per heavy atom. The van der Waals surface area contributed by atoms with E-state index in [4.69, 9.17) is 5.11 Å². The lowest BCUT2D eigenvalue weighted by Gasteiger charge is -2.18. The third-order valence-electron chi connectivity index (χ3n) is 2.88. The number of carboxylic acid groups (broad SMARTS) is 1. The minimum atomic E-state index is -0.842. The van der Waals surface area contributed by atoms with Crippen LogP contribution in [0.5, 0.6) is 0 Å². The Morgan fingerprint density at radius 2 is 2.38 bits per heavy atom. The molecule has 0 spiro atoms. The molecule has 0 saturated heterocycles. The molecule has 1 aromatic rings. The monoisotopic (exact) mass is 237 g/mol. The third kappa shape index (κ3) is 2.16. The second kappa shape index (κ2) is 4.78. The van der Waals surface area contributed by atoms with Crippen molar-refractivity contribution in [2.75, 3.05) is 30.0 Å². The van der Waals surface area contributed by atoms with Crippen molar-refractivity contribution in [2.45, 2.75) is 6.42 Å². The van der Waals surface area contributed by atoms with Crippen molar-refractivity contribution in [3.05, 3.63) is 29.3 Å². The van der Waals surface area contributed by atoms with Gasteiger partial charge in [-0.1, -0.05) is 0 Å². The van der Waals surface area contributed by atoms with E-state index >= 15 is 0 Å². The van der Waals surface area contributed by atoms with Crippen LogP contribution in [-0.4, -0.2) is 36.2 Å². The topological polar surface area (TPSA) is 40.5 Å². The first kappa shape index (κ1) is 11.3. The number of thioether (sulfide) groups is 1. The van der Waals surface area contributed by atoms with Gasteiger partial charge in [0.2, 0.25) is 0 Å². The maximum absolute atomic E-state index is 10.8. The number of carbonyl (C=O) groups is 1. The number of nitrogens with zero attached hydrogens (tertiary/aromatic N) is 1. The fraction of sp³-hybridized carbons (Fsp3) is 0.417. The summed E-state index contributed by atoms with van der Waals surface area (Å²) in [6.07, 6.45) is 3.06. The fourth-order valence-corrected chi connectivity index (χ4v) is 2.44. The lowest BCUT2D eigenvalue weighted by Crippen LogP contribution is -2.23. The lowest BCUT2D eigenvalue weighted by atomic mass is 10.1. The second-order valence-electron chi connectivity index (χ2n) is 3.88. The predicted octanol–water partition coefficient (Wildman–Crippen LogP) is 2.11. The van der Waals surface area contributed by atoms with E-state index < -0.39 is 5.97 Å². The van der Waals surface area contributed by atoms with E-state index in [1.165, 1.54) is 11.3 Å². The van der Waals surface area contributed by atoms with E-state index in [0.717, 1.165) is 25.3 Å². The molecule has 4 heteroatoms. The van der Waals surface area contributed by atoms with Crippen molar-refractivity contribution < 1.29 is 9.90 Å². The van der Waals surface area contributed by atoms with Crippen LogP contribution in [0.3, 0.4) is 0 Å². The van der Waals surface area contributed by atoms with E-state index in [2.05, 4.69) is 11.2 Å². The zero-order valence-electron chi connectivity index (χ0n) is 9.27. The normalized spacial score (nSPS) is 13.9. The van der Waals surface area contributed by atoms with Crippen LogP contribution in [0.4, 0.5) is 5.69 Å². The van der Waals surface area contributed by atoms with E-state index in [1.54, 1.807) is 12.1 Å². The van der Waals surface area contributed by atoms with E-state index in [0.29, 0.717) is 5.56 Å². The highest BCUT2D eigenvalue weighted by atomic mass is 32.2. The minimum absolute atomic E-state index is 0.394. The van der Waals surface area contributed by atoms with Crippen LogP contribution in [0.15, 0.2) is 18.2 Å². The van der Waals surface area contributed by atoms with Crippen LogP contribution in [0.25, 0.3) is 0 Å². The molecule has 0 aromatic heterocycles. The summed E-state index contributed by atoms with van der Waals surface area (Å²) in [4.78, 5) is 13.2. The van der Waals surface area contributed by atoms with Gasteiger partial charge in [0.25, 0.3) is 0 Å². The third-order valence-corrected chi connectivity index (χ3v) is 3.47. The van der Waals surface area contributed by atoms with Crippen molar-refractivity contribution in [3.63, 3.8) is 0 Å². The van der Waals surface area contributed by atoms with Crippen molar-refractivity contribution in [1.29, 1.82) is 0 Å². The van der Waals surface area contributed by atoms with E-state index in [-0.39, 0.29) is 0 Å². The van der Waals surface area contributed by atoms with Crippen LogP contribution in [-0.2, 0) is 6.42 Å². The minimum Gasteiger partial charge on any atom is -0.478 e. The summed E-state index contributed by atoms with van der Waals surface area (Å²) in [5, 5.41) is 8.91. The Kier molecular flexibility index (Phi) is 3.39. The molecule has 0 aliphatic carbocycles. The summed E-state index contributed by atoms with van der Waals surface area (Å²) in [5.74, 6) is 0.269. The number of rotatable bonds is 4. The number of hydrogen-bond acceptors (Lipinski definition) is 3. The molecule has 0 bridgehead atoms. The SMILES string of the molecule is CSCCN1CCc2cc(C(=O)O)ccc21. The summed E-state index contributed by atoms with van der Waals surface area (Å²) in [7, 11) is 0. The quantitative estimate of drug-likeness (QED) is 0.870. The molecule has 1 heterocycles. The molecule has 0 saturated carbocycles. The van der Waals surface area contributed by atoms with Gasteiger partial charge in [-0.05, 0) is 36.4 Å². The van der Waals surface area contributed by atoms with Gasteiger partial charge in [-0.25, -0.2) is 4.79 Å². The van der Waals surface area contributed by atoms with Crippen LogP contribution >= 0.6 is 11.8 Å². The van der Waals surface area contributed by atoms with Gasteiger partial charge in [0.15, 0.2) is 0 Å². The van der Waals surface area contributed by atoms with Crippen molar-refractivity contribution in [2.24, 2.45) is 0 Å². The molecular formula is C12H15NO2S. The average Bonchev–Trinajstić information content (AvgIpc) is 2.68. The highest BCUT2D eigenvalue weighted by Gasteiger charge is 2.19. The van der Waals surface area contributed by atoms with E-state index in [1.807, 2.05) is 17.8 Å². The van der Waals surface area contributed by atoms with Gasteiger partial charge >= 0.3 is 5.97 Å². The first-order valence-electron chi connectivity index (χ1n) is 5.32. The van der Waals surface area contributed by atoms with Gasteiger partial charge in [-0.15, -0.1) is 0 Å². The Labute approximate surface area is 99.5 Å². The summed E-state index contributed by atoms with van der Waals surface area (Å²) in [5.41, 5.74) is 2.77. The van der Waals surface area contributed by atoms with E-state index in [9.17, 15) is 4.79 Å². The van der Waals surface area contributed by atoms with Gasteiger partial charge in [0.05, 0.1) is 5.56 Å². The number of carboxylic acids is 1. The average molecular weight is 237 g/mol. The van der Waals surface area contributed by atoms with Crippen LogP contribution < -0.4 is 4.90 Å². The molecule has 16 heavy (non-hydrogen) atoms. The highest BCUT2D eigenvalue weighted by molar-refractivity contribution is 7.98. The number of hydrogen-bond donors (Lipinski definition) is 1. The maximum Gasteiger partial charge on any atom is 0.335 e. The molecule has 0 amide bonds. The molecule has 2 rings (SSSR count). The molecule has 0 fully saturated rings. The van der Waals surface area contributed by atoms with Gasteiger partial charge in [-0.3, -0.25) is 0 Å². The molecule has 1 N–H and O–H groups in total. The molecular weight excluding hydrogens is 222 g/mol. The Balaban J connectivity index is 2.18. The molecule has 3 nitrogen and oxygen atoms in total. The van der Waals surface area contributed by atoms with Crippen molar-refractivity contribution in [1.82, 2.24) is 0 Å². The first-order valence-corrected chi connectivity index (χ1v) is 6.72. The summed E-state index contributed by atoms with van der Waals surface area (Å²) >= 11 is 1.84. The Morgan fingerprint density at radius 1 is 1.56 bits per heavy atom. The summed E-state index contributed by atoms with van der Waals surface area (Å²) in [6.45, 7) is 2.06. The van der Waals surface area contributed by atoms with Gasteiger partial charge < -0.3 is 10.0 Å². The Bertz CT molecular complexity index is 406. The van der Waals surface area contributed by atoms with Crippen molar-refractivity contribution in [3.8, 4) is 0 Å². The molecule has 1 aliphatic heterocycles. The van der Waals surface area contributed by atoms with Gasteiger partial charge in [0, 0.05) is 24.5 Å². The highest BCUT2D eigenvalue weighted by Crippen LogP contribution is 2.28. The van der Waals surface area contributed by atoms with Crippen LogP contribution in [0.1, 0.15) is 15.9 Å². The molecule has 0 radical (unpaired) electrons. The molecule has 0 unspecified atom stereocenters. The fourth-order valence-electron chi connectivity index (χ4n) is 2.04. The maximum atomic E-state index is 10.8. The second-order valence-corrected chi connectivity index (χ2v) is 4.86. The molecule has 1 aromatic carbocycles. The lowest BCUT2D eigenvalue weighted by molar-refractivity contribution is 0.0697. The summed E-state index contributed by atoms with van der Waals surface area (Å²) in [6, 6.07) is 5.43. The standard InChI is InChI=1S/C12H15NO2S/c1-16-7-6-13-5-4-9-8-10(12(14)15)2-3-11(9)13/h2-3,8H,4-7H2,1H3,(H,14,15). The molecule has 1 aliphatic rings. The zero-order valence-corrected chi connectivity index (χ0v) is 10.1. The predicted molar refractivity (Wildman–Crippen MR) is 67.7 cm³/mol. The van der Waals surface area contributed by atoms with Crippen LogP contribution in [0, 0.1) is 0 Å². The number of anilines is 1. The zero-order chi connectivity index (χ0) is 11.5. The number of benzene rings is 1. The first-order chi connectivity index (χ1) is 7.72. The number of aromatic carboxylic acids is 1. The van der Waals surface area contributed by atoms with Gasteiger partial charge in [0.1, 0.15) is 0 Å². The largest absolute Gasteiger partial charge is 0.478 e. The Hall–Kier alpha value is -1.16. The van der Waals surface area contributed by atoms with Gasteiger partial charge in [-0.2, -0.15) is 11.8 Å². The number of fused-ring (bicyclic) bond motifs is 1. The molecule has 86 valence electrons. The summed E-state index contributed by atoms with van der Waals surface area (Å²) < 4.78 is 0. The van der Waals surface area contributed by atoms with Crippen molar-refractivity contribution >= 4 is 23.4 Å². The molecule has 0 atom stereocenters.